The van der Waals surface area contributed by atoms with Crippen LogP contribution >= 0.6 is 11.3 Å². The van der Waals surface area contributed by atoms with E-state index in [9.17, 15) is 8.42 Å². The third-order valence-electron chi connectivity index (χ3n) is 2.75. The summed E-state index contributed by atoms with van der Waals surface area (Å²) in [5, 5.41) is 3.93. The van der Waals surface area contributed by atoms with Gasteiger partial charge in [0, 0.05) is 16.8 Å². The fourth-order valence-corrected chi connectivity index (χ4v) is 4.68. The molecule has 0 radical (unpaired) electrons. The largest absolute Gasteiger partial charge is 0.252 e. The zero-order valence-corrected chi connectivity index (χ0v) is 12.8. The predicted octanol–water partition coefficient (Wildman–Crippen LogP) is 1.53. The van der Waals surface area contributed by atoms with E-state index in [-0.39, 0.29) is 0 Å². The van der Waals surface area contributed by atoms with Crippen LogP contribution in [0.4, 0.5) is 0 Å². The summed E-state index contributed by atoms with van der Waals surface area (Å²) in [6, 6.07) is 1.25. The molecule has 0 aliphatic rings. The number of hydrogen-bond acceptors (Lipinski definition) is 5. The first-order chi connectivity index (χ1) is 8.81. The Labute approximate surface area is 116 Å². The lowest BCUT2D eigenvalue weighted by Gasteiger charge is -2.13. The minimum Gasteiger partial charge on any atom is -0.252 e. The molecule has 1 atom stereocenters. The number of nitrogens with one attached hydrogen (secondary N) is 1. The van der Waals surface area contributed by atoms with Gasteiger partial charge in [-0.2, -0.15) is 5.10 Å². The van der Waals surface area contributed by atoms with Crippen LogP contribution < -0.4 is 4.72 Å². The highest BCUT2D eigenvalue weighted by Gasteiger charge is 2.23. The maximum atomic E-state index is 12.3. The second-order valence-electron chi connectivity index (χ2n) is 4.36. The molecular formula is C11H16N4O2S2. The molecule has 0 aromatic carbocycles. The molecule has 2 aromatic heterocycles. The zero-order valence-electron chi connectivity index (χ0n) is 11.2. The molecule has 19 heavy (non-hydrogen) atoms. The summed E-state index contributed by atoms with van der Waals surface area (Å²) in [7, 11) is -1.80. The third kappa shape index (κ3) is 2.85. The van der Waals surface area contributed by atoms with Gasteiger partial charge in [-0.3, -0.25) is 4.68 Å². The van der Waals surface area contributed by atoms with E-state index in [1.807, 2.05) is 6.92 Å². The van der Waals surface area contributed by atoms with E-state index in [4.69, 9.17) is 0 Å². The summed E-state index contributed by atoms with van der Waals surface area (Å²) >= 11 is 1.47. The van der Waals surface area contributed by atoms with Crippen molar-refractivity contribution in [3.05, 3.63) is 28.0 Å². The van der Waals surface area contributed by atoms with Gasteiger partial charge in [-0.1, -0.05) is 0 Å². The third-order valence-corrected chi connectivity index (χ3v) is 5.51. The van der Waals surface area contributed by atoms with Crippen molar-refractivity contribution in [2.75, 3.05) is 0 Å². The molecular weight excluding hydrogens is 284 g/mol. The number of thiophene rings is 1. The second-order valence-corrected chi connectivity index (χ2v) is 7.51. The maximum absolute atomic E-state index is 12.3. The summed E-state index contributed by atoms with van der Waals surface area (Å²) in [6.07, 6.45) is 1.40. The van der Waals surface area contributed by atoms with Gasteiger partial charge in [0.1, 0.15) is 12.2 Å². The zero-order chi connectivity index (χ0) is 14.2. The normalized spacial score (nSPS) is 13.7. The van der Waals surface area contributed by atoms with Crippen molar-refractivity contribution in [2.45, 2.75) is 31.7 Å². The Balaban J connectivity index is 2.28. The molecule has 0 aliphatic carbocycles. The molecule has 0 saturated carbocycles. The van der Waals surface area contributed by atoms with Gasteiger partial charge in [-0.15, -0.1) is 11.3 Å². The van der Waals surface area contributed by atoms with Crippen LogP contribution in [0.3, 0.4) is 0 Å². The summed E-state index contributed by atoms with van der Waals surface area (Å²) < 4.78 is 28.8. The smallest absolute Gasteiger partial charge is 0.242 e. The van der Waals surface area contributed by atoms with Crippen molar-refractivity contribution in [1.29, 1.82) is 0 Å². The Bertz CT molecular complexity index is 687. The summed E-state index contributed by atoms with van der Waals surface area (Å²) in [5.41, 5.74) is 0. The van der Waals surface area contributed by atoms with Gasteiger partial charge in [0.2, 0.25) is 10.0 Å². The molecule has 0 unspecified atom stereocenters. The van der Waals surface area contributed by atoms with Crippen molar-refractivity contribution < 1.29 is 8.42 Å². The first-order valence-corrected chi connectivity index (χ1v) is 8.04. The Morgan fingerprint density at radius 2 is 2.11 bits per heavy atom. The Morgan fingerprint density at radius 3 is 2.58 bits per heavy atom. The molecule has 2 aromatic rings. The van der Waals surface area contributed by atoms with Crippen LogP contribution in [0.15, 0.2) is 17.3 Å². The predicted molar refractivity (Wildman–Crippen MR) is 73.5 cm³/mol. The SMILES string of the molecule is Cc1cc(S(=O)(=O)N[C@@H](C)c2ncnn2C)c(C)s1. The monoisotopic (exact) mass is 300 g/mol. The molecule has 2 rings (SSSR count). The Morgan fingerprint density at radius 1 is 1.42 bits per heavy atom. The first-order valence-electron chi connectivity index (χ1n) is 5.74. The number of hydrogen-bond donors (Lipinski definition) is 1. The molecule has 2 heterocycles. The fraction of sp³-hybridized carbons (Fsp3) is 0.455. The van der Waals surface area contributed by atoms with E-state index in [2.05, 4.69) is 14.8 Å². The van der Waals surface area contributed by atoms with Crippen molar-refractivity contribution in [2.24, 2.45) is 7.05 Å². The van der Waals surface area contributed by atoms with Crippen LogP contribution in [0.25, 0.3) is 0 Å². The molecule has 0 fully saturated rings. The van der Waals surface area contributed by atoms with Crippen LogP contribution in [0.2, 0.25) is 0 Å². The van der Waals surface area contributed by atoms with E-state index in [1.165, 1.54) is 17.7 Å². The Kier molecular flexibility index (Phi) is 3.75. The van der Waals surface area contributed by atoms with Gasteiger partial charge >= 0.3 is 0 Å². The molecule has 0 bridgehead atoms. The fourth-order valence-electron chi connectivity index (χ4n) is 1.92. The lowest BCUT2D eigenvalue weighted by atomic mass is 10.3. The molecule has 0 aliphatic heterocycles. The van der Waals surface area contributed by atoms with Gasteiger partial charge in [-0.05, 0) is 26.8 Å². The van der Waals surface area contributed by atoms with Gasteiger partial charge in [0.25, 0.3) is 0 Å². The lowest BCUT2D eigenvalue weighted by Crippen LogP contribution is -2.28. The number of sulfonamides is 1. The minimum absolute atomic E-state index is 0.337. The summed E-state index contributed by atoms with van der Waals surface area (Å²) in [6.45, 7) is 5.44. The van der Waals surface area contributed by atoms with E-state index < -0.39 is 16.1 Å². The topological polar surface area (TPSA) is 76.9 Å². The van der Waals surface area contributed by atoms with Gasteiger partial charge < -0.3 is 0 Å². The van der Waals surface area contributed by atoms with Crippen LogP contribution in [0.5, 0.6) is 0 Å². The van der Waals surface area contributed by atoms with Crippen molar-refractivity contribution >= 4 is 21.4 Å². The Hall–Kier alpha value is -1.25. The highest BCUT2D eigenvalue weighted by Crippen LogP contribution is 2.26. The van der Waals surface area contributed by atoms with E-state index in [0.29, 0.717) is 10.7 Å². The molecule has 0 saturated heterocycles. The van der Waals surface area contributed by atoms with Crippen LogP contribution in [0.1, 0.15) is 28.5 Å². The number of aromatic nitrogens is 3. The van der Waals surface area contributed by atoms with Crippen molar-refractivity contribution in [1.82, 2.24) is 19.5 Å². The highest BCUT2D eigenvalue weighted by molar-refractivity contribution is 7.89. The average molecular weight is 300 g/mol. The van der Waals surface area contributed by atoms with E-state index >= 15 is 0 Å². The molecule has 1 N–H and O–H groups in total. The lowest BCUT2D eigenvalue weighted by molar-refractivity contribution is 0.547. The molecule has 0 spiro atoms. The number of nitrogens with zero attached hydrogens (tertiary/aromatic N) is 3. The standard InChI is InChI=1S/C11H16N4O2S2/c1-7-5-10(9(3)18-7)19(16,17)14-8(2)11-12-6-13-15(11)4/h5-6,8,14H,1-4H3/t8-/m0/s1. The summed E-state index contributed by atoms with van der Waals surface area (Å²) in [5.74, 6) is 0.577. The van der Waals surface area contributed by atoms with E-state index in [1.54, 1.807) is 31.6 Å². The highest BCUT2D eigenvalue weighted by atomic mass is 32.2. The molecule has 8 heteroatoms. The van der Waals surface area contributed by atoms with Gasteiger partial charge in [-0.25, -0.2) is 18.1 Å². The van der Waals surface area contributed by atoms with Crippen LogP contribution in [-0.2, 0) is 17.1 Å². The van der Waals surface area contributed by atoms with Crippen molar-refractivity contribution in [3.8, 4) is 0 Å². The number of rotatable bonds is 4. The maximum Gasteiger partial charge on any atom is 0.242 e. The summed E-state index contributed by atoms with van der Waals surface area (Å²) in [4.78, 5) is 6.15. The van der Waals surface area contributed by atoms with E-state index in [0.717, 1.165) is 9.75 Å². The van der Waals surface area contributed by atoms with Crippen LogP contribution in [-0.4, -0.2) is 23.2 Å². The molecule has 0 amide bonds. The number of aryl methyl sites for hydroxylation is 3. The quantitative estimate of drug-likeness (QED) is 0.929. The average Bonchev–Trinajstić information content (AvgIpc) is 2.84. The minimum atomic E-state index is -3.53. The van der Waals surface area contributed by atoms with Gasteiger partial charge in [0.15, 0.2) is 0 Å². The first kappa shape index (κ1) is 14.2. The molecule has 6 nitrogen and oxygen atoms in total. The van der Waals surface area contributed by atoms with Crippen LogP contribution in [0, 0.1) is 13.8 Å². The van der Waals surface area contributed by atoms with Gasteiger partial charge in [0.05, 0.1) is 10.9 Å². The molecule has 104 valence electrons. The second kappa shape index (κ2) is 5.03. The van der Waals surface area contributed by atoms with Crippen molar-refractivity contribution in [3.63, 3.8) is 0 Å².